The maximum absolute atomic E-state index is 5.94. The van der Waals surface area contributed by atoms with Crippen molar-refractivity contribution in [2.24, 2.45) is 5.73 Å². The van der Waals surface area contributed by atoms with Gasteiger partial charge in [-0.2, -0.15) is 0 Å². The predicted octanol–water partition coefficient (Wildman–Crippen LogP) is 3.13. The zero-order valence-electron chi connectivity index (χ0n) is 8.26. The molecule has 1 aliphatic rings. The summed E-state index contributed by atoms with van der Waals surface area (Å²) < 4.78 is 1.15. The molecule has 14 heavy (non-hydrogen) atoms. The lowest BCUT2D eigenvalue weighted by atomic mass is 9.88. The Kier molecular flexibility index (Phi) is 2.75. The van der Waals surface area contributed by atoms with E-state index in [1.165, 1.54) is 16.7 Å². The van der Waals surface area contributed by atoms with E-state index in [-0.39, 0.29) is 6.04 Å². The van der Waals surface area contributed by atoms with Gasteiger partial charge < -0.3 is 5.73 Å². The number of rotatable bonds is 1. The van der Waals surface area contributed by atoms with Gasteiger partial charge in [-0.25, -0.2) is 0 Å². The Balaban J connectivity index is 2.49. The van der Waals surface area contributed by atoms with Crippen LogP contribution in [0.3, 0.4) is 0 Å². The molecule has 74 valence electrons. The Morgan fingerprint density at radius 1 is 1.43 bits per heavy atom. The summed E-state index contributed by atoms with van der Waals surface area (Å²) in [4.78, 5) is 0. The quantitative estimate of drug-likeness (QED) is 0.816. The molecule has 0 heterocycles. The first-order valence-electron chi connectivity index (χ1n) is 4.93. The number of fused-ring (bicyclic) bond motifs is 1. The molecule has 1 atom stereocenters. The predicted molar refractivity (Wildman–Crippen MR) is 64.1 cm³/mol. The molecule has 0 aliphatic heterocycles. The molecule has 1 aromatic carbocycles. The SMILES string of the molecule is CC(N)C1=CCCc2cc(Br)ccc21. The Hall–Kier alpha value is -0.600. The van der Waals surface area contributed by atoms with Crippen molar-refractivity contribution in [2.75, 3.05) is 0 Å². The van der Waals surface area contributed by atoms with E-state index in [0.717, 1.165) is 17.3 Å². The molecule has 0 aromatic heterocycles. The molecule has 0 amide bonds. The first kappa shape index (κ1) is 9.94. The van der Waals surface area contributed by atoms with Crippen molar-refractivity contribution in [1.82, 2.24) is 0 Å². The van der Waals surface area contributed by atoms with Gasteiger partial charge in [0.1, 0.15) is 0 Å². The van der Waals surface area contributed by atoms with Crippen LogP contribution in [0.1, 0.15) is 24.5 Å². The van der Waals surface area contributed by atoms with E-state index >= 15 is 0 Å². The van der Waals surface area contributed by atoms with Crippen LogP contribution in [0.25, 0.3) is 5.57 Å². The van der Waals surface area contributed by atoms with Gasteiger partial charge in [-0.3, -0.25) is 0 Å². The highest BCUT2D eigenvalue weighted by atomic mass is 79.9. The zero-order valence-corrected chi connectivity index (χ0v) is 9.84. The molecule has 1 aliphatic carbocycles. The highest BCUT2D eigenvalue weighted by Crippen LogP contribution is 2.30. The van der Waals surface area contributed by atoms with Crippen molar-refractivity contribution >= 4 is 21.5 Å². The van der Waals surface area contributed by atoms with E-state index in [9.17, 15) is 0 Å². The van der Waals surface area contributed by atoms with Crippen LogP contribution in [-0.2, 0) is 6.42 Å². The lowest BCUT2D eigenvalue weighted by Crippen LogP contribution is -2.19. The van der Waals surface area contributed by atoms with Gasteiger partial charge in [-0.05, 0) is 48.6 Å². The van der Waals surface area contributed by atoms with Gasteiger partial charge in [0.2, 0.25) is 0 Å². The van der Waals surface area contributed by atoms with Crippen molar-refractivity contribution in [3.8, 4) is 0 Å². The molecule has 0 saturated carbocycles. The van der Waals surface area contributed by atoms with Gasteiger partial charge >= 0.3 is 0 Å². The fourth-order valence-electron chi connectivity index (χ4n) is 1.98. The molecular weight excluding hydrogens is 238 g/mol. The third-order valence-corrected chi connectivity index (χ3v) is 3.14. The van der Waals surface area contributed by atoms with Crippen LogP contribution < -0.4 is 5.73 Å². The minimum absolute atomic E-state index is 0.134. The molecule has 1 aromatic rings. The molecule has 1 nitrogen and oxygen atoms in total. The van der Waals surface area contributed by atoms with Crippen molar-refractivity contribution in [3.05, 3.63) is 39.9 Å². The fraction of sp³-hybridized carbons (Fsp3) is 0.333. The molecular formula is C12H14BrN. The molecule has 1 unspecified atom stereocenters. The average Bonchev–Trinajstić information content (AvgIpc) is 2.16. The summed E-state index contributed by atoms with van der Waals surface area (Å²) in [6.45, 7) is 2.04. The first-order chi connectivity index (χ1) is 6.68. The van der Waals surface area contributed by atoms with E-state index in [1.54, 1.807) is 0 Å². The van der Waals surface area contributed by atoms with Crippen LogP contribution in [0.5, 0.6) is 0 Å². The second-order valence-corrected chi connectivity index (χ2v) is 4.70. The van der Waals surface area contributed by atoms with Gasteiger partial charge in [0.25, 0.3) is 0 Å². The maximum atomic E-state index is 5.94. The molecule has 2 rings (SSSR count). The smallest absolute Gasteiger partial charge is 0.0268 e. The molecule has 2 heteroatoms. The highest BCUT2D eigenvalue weighted by molar-refractivity contribution is 9.10. The Morgan fingerprint density at radius 2 is 2.21 bits per heavy atom. The third kappa shape index (κ3) is 1.77. The van der Waals surface area contributed by atoms with E-state index < -0.39 is 0 Å². The summed E-state index contributed by atoms with van der Waals surface area (Å²) in [7, 11) is 0. The van der Waals surface area contributed by atoms with Crippen LogP contribution in [-0.4, -0.2) is 6.04 Å². The summed E-state index contributed by atoms with van der Waals surface area (Å²) in [5.74, 6) is 0. The molecule has 0 spiro atoms. The topological polar surface area (TPSA) is 26.0 Å². The van der Waals surface area contributed by atoms with E-state index in [0.29, 0.717) is 0 Å². The molecule has 0 bridgehead atoms. The number of nitrogens with two attached hydrogens (primary N) is 1. The van der Waals surface area contributed by atoms with Crippen LogP contribution in [0, 0.1) is 0 Å². The lowest BCUT2D eigenvalue weighted by Gasteiger charge is -2.20. The van der Waals surface area contributed by atoms with Crippen LogP contribution >= 0.6 is 15.9 Å². The third-order valence-electron chi connectivity index (χ3n) is 2.65. The van der Waals surface area contributed by atoms with E-state index in [1.807, 2.05) is 6.92 Å². The fourth-order valence-corrected chi connectivity index (χ4v) is 2.38. The first-order valence-corrected chi connectivity index (χ1v) is 5.72. The Labute approximate surface area is 93.1 Å². The largest absolute Gasteiger partial charge is 0.324 e. The molecule has 0 saturated heterocycles. The zero-order chi connectivity index (χ0) is 10.1. The summed E-state index contributed by atoms with van der Waals surface area (Å²) >= 11 is 3.50. The average molecular weight is 252 g/mol. The van der Waals surface area contributed by atoms with Gasteiger partial charge in [0, 0.05) is 10.5 Å². The summed E-state index contributed by atoms with van der Waals surface area (Å²) in [6.07, 6.45) is 4.51. The lowest BCUT2D eigenvalue weighted by molar-refractivity contribution is 0.896. The number of benzene rings is 1. The van der Waals surface area contributed by atoms with E-state index in [4.69, 9.17) is 5.73 Å². The molecule has 0 radical (unpaired) electrons. The Morgan fingerprint density at radius 3 is 2.93 bits per heavy atom. The standard InChI is InChI=1S/C12H14BrN/c1-8(14)11-4-2-3-9-7-10(13)5-6-12(9)11/h4-8H,2-3,14H2,1H3. The Bertz CT molecular complexity index is 380. The van der Waals surface area contributed by atoms with Crippen LogP contribution in [0.15, 0.2) is 28.7 Å². The number of allylic oxidation sites excluding steroid dienone is 1. The van der Waals surface area contributed by atoms with Gasteiger partial charge in [-0.1, -0.05) is 28.1 Å². The van der Waals surface area contributed by atoms with Crippen LogP contribution in [0.4, 0.5) is 0 Å². The van der Waals surface area contributed by atoms with Crippen molar-refractivity contribution in [1.29, 1.82) is 0 Å². The highest BCUT2D eigenvalue weighted by Gasteiger charge is 2.14. The van der Waals surface area contributed by atoms with Crippen molar-refractivity contribution in [2.45, 2.75) is 25.8 Å². The number of halogens is 1. The van der Waals surface area contributed by atoms with Crippen molar-refractivity contribution < 1.29 is 0 Å². The number of hydrogen-bond acceptors (Lipinski definition) is 1. The minimum Gasteiger partial charge on any atom is -0.324 e. The van der Waals surface area contributed by atoms with Gasteiger partial charge in [0.05, 0.1) is 0 Å². The summed E-state index contributed by atoms with van der Waals surface area (Å²) in [5, 5.41) is 0. The number of hydrogen-bond donors (Lipinski definition) is 1. The second-order valence-electron chi connectivity index (χ2n) is 3.79. The van der Waals surface area contributed by atoms with Crippen LogP contribution in [0.2, 0.25) is 0 Å². The molecule has 0 fully saturated rings. The van der Waals surface area contributed by atoms with Crippen molar-refractivity contribution in [3.63, 3.8) is 0 Å². The minimum atomic E-state index is 0.134. The molecule has 2 N–H and O–H groups in total. The van der Waals surface area contributed by atoms with Gasteiger partial charge in [0.15, 0.2) is 0 Å². The monoisotopic (exact) mass is 251 g/mol. The van der Waals surface area contributed by atoms with E-state index in [2.05, 4.69) is 40.2 Å². The summed E-state index contributed by atoms with van der Waals surface area (Å²) in [5.41, 5.74) is 9.97. The van der Waals surface area contributed by atoms with Gasteiger partial charge in [-0.15, -0.1) is 0 Å². The normalized spacial score (nSPS) is 17.2. The summed E-state index contributed by atoms with van der Waals surface area (Å²) in [6, 6.07) is 6.58. The second kappa shape index (κ2) is 3.87. The number of aryl methyl sites for hydroxylation is 1. The maximum Gasteiger partial charge on any atom is 0.0268 e.